The molecule has 0 aliphatic rings. The maximum absolute atomic E-state index is 11.9. The Morgan fingerprint density at radius 3 is 2.47 bits per heavy atom. The fraction of sp³-hybridized carbons (Fsp3) is 0.533. The monoisotopic (exact) mass is 297 g/mol. The molecule has 0 bridgehead atoms. The van der Waals surface area contributed by atoms with E-state index in [0.717, 1.165) is 17.2 Å². The molecule has 19 heavy (non-hydrogen) atoms. The highest BCUT2D eigenvalue weighted by Gasteiger charge is 2.14. The Morgan fingerprint density at radius 1 is 1.26 bits per heavy atom. The molecule has 0 heterocycles. The van der Waals surface area contributed by atoms with Crippen LogP contribution in [0.25, 0.3) is 0 Å². The zero-order valence-electron chi connectivity index (χ0n) is 12.1. The predicted octanol–water partition coefficient (Wildman–Crippen LogP) is 3.82. The molecule has 0 fully saturated rings. The molecule has 2 nitrogen and oxygen atoms in total. The number of nitrogens with one attached hydrogen (secondary N) is 1. The molecular weight excluding hydrogens is 274 g/mol. The van der Waals surface area contributed by atoms with Crippen LogP contribution in [0.15, 0.2) is 35.2 Å². The number of carbonyl (C=O) groups is 1. The molecule has 0 aliphatic heterocycles. The van der Waals surface area contributed by atoms with Crippen LogP contribution < -0.4 is 5.32 Å². The Morgan fingerprint density at radius 2 is 1.89 bits per heavy atom. The van der Waals surface area contributed by atoms with Gasteiger partial charge in [-0.25, -0.2) is 0 Å². The number of benzene rings is 1. The van der Waals surface area contributed by atoms with Gasteiger partial charge in [0, 0.05) is 21.9 Å². The van der Waals surface area contributed by atoms with Crippen molar-refractivity contribution in [2.75, 3.05) is 12.3 Å². The Kier molecular flexibility index (Phi) is 6.80. The largest absolute Gasteiger partial charge is 0.354 e. The van der Waals surface area contributed by atoms with E-state index in [4.69, 9.17) is 0 Å². The maximum Gasteiger partial charge on any atom is 0.233 e. The van der Waals surface area contributed by atoms with Gasteiger partial charge in [0.15, 0.2) is 0 Å². The van der Waals surface area contributed by atoms with Crippen LogP contribution in [0.3, 0.4) is 0 Å². The fourth-order valence-electron chi connectivity index (χ4n) is 1.43. The highest BCUT2D eigenvalue weighted by molar-refractivity contribution is 8.00. The highest BCUT2D eigenvalue weighted by atomic mass is 32.2. The van der Waals surface area contributed by atoms with E-state index in [1.807, 2.05) is 49.0 Å². The van der Waals surface area contributed by atoms with Gasteiger partial charge >= 0.3 is 0 Å². The molecule has 0 spiro atoms. The SMILES string of the molecule is C[C@@H](Sc1ccccc1)C(=O)NCCSC(C)(C)C. The summed E-state index contributed by atoms with van der Waals surface area (Å²) in [6.07, 6.45) is 0. The molecule has 1 N–H and O–H groups in total. The Labute approximate surface area is 125 Å². The van der Waals surface area contributed by atoms with E-state index >= 15 is 0 Å². The predicted molar refractivity (Wildman–Crippen MR) is 87.0 cm³/mol. The van der Waals surface area contributed by atoms with Crippen molar-refractivity contribution in [2.45, 2.75) is 42.6 Å². The minimum Gasteiger partial charge on any atom is -0.354 e. The lowest BCUT2D eigenvalue weighted by Crippen LogP contribution is -2.33. The zero-order chi connectivity index (χ0) is 14.3. The molecule has 1 aromatic rings. The topological polar surface area (TPSA) is 29.1 Å². The normalized spacial score (nSPS) is 13.1. The summed E-state index contributed by atoms with van der Waals surface area (Å²) in [5.74, 6) is 1.07. The zero-order valence-corrected chi connectivity index (χ0v) is 13.7. The van der Waals surface area contributed by atoms with Crippen molar-refractivity contribution < 1.29 is 4.79 Å². The molecule has 1 aromatic carbocycles. The number of amides is 1. The molecule has 106 valence electrons. The summed E-state index contributed by atoms with van der Waals surface area (Å²) >= 11 is 3.47. The van der Waals surface area contributed by atoms with Crippen molar-refractivity contribution in [3.63, 3.8) is 0 Å². The summed E-state index contributed by atoms with van der Waals surface area (Å²) in [5, 5.41) is 2.94. The van der Waals surface area contributed by atoms with Crippen LogP contribution in [-0.4, -0.2) is 28.2 Å². The van der Waals surface area contributed by atoms with E-state index in [2.05, 4.69) is 26.1 Å². The van der Waals surface area contributed by atoms with Crippen molar-refractivity contribution in [1.82, 2.24) is 5.32 Å². The minimum atomic E-state index is -0.0537. The molecule has 0 saturated carbocycles. The molecule has 0 aliphatic carbocycles. The molecule has 0 radical (unpaired) electrons. The van der Waals surface area contributed by atoms with Crippen molar-refractivity contribution in [2.24, 2.45) is 0 Å². The van der Waals surface area contributed by atoms with Gasteiger partial charge in [0.25, 0.3) is 0 Å². The second kappa shape index (κ2) is 7.85. The Bertz CT molecular complexity index is 387. The molecule has 0 aromatic heterocycles. The first-order chi connectivity index (χ1) is 8.88. The van der Waals surface area contributed by atoms with Gasteiger partial charge in [0.2, 0.25) is 5.91 Å². The van der Waals surface area contributed by atoms with Crippen LogP contribution in [-0.2, 0) is 4.79 Å². The fourth-order valence-corrected chi connectivity index (χ4v) is 3.16. The van der Waals surface area contributed by atoms with Gasteiger partial charge in [0.05, 0.1) is 5.25 Å². The summed E-state index contributed by atoms with van der Waals surface area (Å²) < 4.78 is 0.259. The lowest BCUT2D eigenvalue weighted by Gasteiger charge is -2.18. The van der Waals surface area contributed by atoms with Crippen LogP contribution in [0, 0.1) is 0 Å². The quantitative estimate of drug-likeness (QED) is 0.639. The molecule has 1 atom stereocenters. The minimum absolute atomic E-state index is 0.0537. The van der Waals surface area contributed by atoms with E-state index in [0.29, 0.717) is 0 Å². The van der Waals surface area contributed by atoms with Gasteiger partial charge in [-0.15, -0.1) is 11.8 Å². The summed E-state index contributed by atoms with van der Waals surface area (Å²) in [6.45, 7) is 9.25. The first kappa shape index (κ1) is 16.4. The number of hydrogen-bond donors (Lipinski definition) is 1. The third-order valence-corrected chi connectivity index (χ3v) is 4.75. The summed E-state index contributed by atoms with van der Waals surface area (Å²) in [7, 11) is 0. The van der Waals surface area contributed by atoms with Gasteiger partial charge in [-0.3, -0.25) is 4.79 Å². The van der Waals surface area contributed by atoms with Crippen molar-refractivity contribution >= 4 is 29.4 Å². The molecule has 4 heteroatoms. The Hall–Kier alpha value is -0.610. The highest BCUT2D eigenvalue weighted by Crippen LogP contribution is 2.23. The summed E-state index contributed by atoms with van der Waals surface area (Å²) in [6, 6.07) is 10.0. The second-order valence-electron chi connectivity index (χ2n) is 5.32. The van der Waals surface area contributed by atoms with Gasteiger partial charge < -0.3 is 5.32 Å². The van der Waals surface area contributed by atoms with Gasteiger partial charge in [0.1, 0.15) is 0 Å². The van der Waals surface area contributed by atoms with E-state index in [-0.39, 0.29) is 15.9 Å². The standard InChI is InChI=1S/C15H23NOS2/c1-12(19-13-8-6-5-7-9-13)14(17)16-10-11-18-15(2,3)4/h5-9,12H,10-11H2,1-4H3,(H,16,17)/t12-/m1/s1. The second-order valence-corrected chi connectivity index (χ2v) is 8.66. The van der Waals surface area contributed by atoms with Crippen LogP contribution >= 0.6 is 23.5 Å². The van der Waals surface area contributed by atoms with Crippen molar-refractivity contribution in [1.29, 1.82) is 0 Å². The molecule has 1 rings (SSSR count). The third kappa shape index (κ3) is 7.53. The van der Waals surface area contributed by atoms with E-state index in [1.165, 1.54) is 0 Å². The number of rotatable bonds is 6. The van der Waals surface area contributed by atoms with E-state index in [9.17, 15) is 4.79 Å². The van der Waals surface area contributed by atoms with Crippen molar-refractivity contribution in [3.8, 4) is 0 Å². The average molecular weight is 297 g/mol. The number of carbonyl (C=O) groups excluding carboxylic acids is 1. The van der Waals surface area contributed by atoms with Gasteiger partial charge in [-0.1, -0.05) is 39.0 Å². The van der Waals surface area contributed by atoms with E-state index in [1.54, 1.807) is 11.8 Å². The summed E-state index contributed by atoms with van der Waals surface area (Å²) in [4.78, 5) is 13.1. The first-order valence-electron chi connectivity index (χ1n) is 6.52. The molecular formula is C15H23NOS2. The Balaban J connectivity index is 2.26. The first-order valence-corrected chi connectivity index (χ1v) is 8.38. The average Bonchev–Trinajstić information content (AvgIpc) is 2.34. The van der Waals surface area contributed by atoms with Crippen LogP contribution in [0.2, 0.25) is 0 Å². The van der Waals surface area contributed by atoms with Crippen molar-refractivity contribution in [3.05, 3.63) is 30.3 Å². The number of hydrogen-bond acceptors (Lipinski definition) is 3. The maximum atomic E-state index is 11.9. The smallest absolute Gasteiger partial charge is 0.233 e. The molecule has 0 unspecified atom stereocenters. The van der Waals surface area contributed by atoms with E-state index < -0.39 is 0 Å². The summed E-state index contributed by atoms with van der Waals surface area (Å²) in [5.41, 5.74) is 0. The van der Waals surface area contributed by atoms with Crippen LogP contribution in [0.4, 0.5) is 0 Å². The lowest BCUT2D eigenvalue weighted by molar-refractivity contribution is -0.120. The number of thioether (sulfide) groups is 2. The van der Waals surface area contributed by atoms with Gasteiger partial charge in [-0.2, -0.15) is 11.8 Å². The van der Waals surface area contributed by atoms with Gasteiger partial charge in [-0.05, 0) is 19.1 Å². The third-order valence-electron chi connectivity index (χ3n) is 2.36. The molecule has 1 amide bonds. The molecule has 0 saturated heterocycles. The van der Waals surface area contributed by atoms with Crippen LogP contribution in [0.1, 0.15) is 27.7 Å². The van der Waals surface area contributed by atoms with Crippen LogP contribution in [0.5, 0.6) is 0 Å². The lowest BCUT2D eigenvalue weighted by atomic mass is 10.3.